The number of nitrogens with one attached hydrogen (secondary N) is 3. The third-order valence-corrected chi connectivity index (χ3v) is 6.76. The Hall–Kier alpha value is -5.20. The van der Waals surface area contributed by atoms with Gasteiger partial charge in [0, 0.05) is 24.4 Å². The van der Waals surface area contributed by atoms with Gasteiger partial charge in [0.1, 0.15) is 25.2 Å². The van der Waals surface area contributed by atoms with Gasteiger partial charge in [-0.3, -0.25) is 29.4 Å². The van der Waals surface area contributed by atoms with E-state index in [9.17, 15) is 28.8 Å². The summed E-state index contributed by atoms with van der Waals surface area (Å²) in [5.41, 5.74) is 10.1. The summed E-state index contributed by atoms with van der Waals surface area (Å²) < 4.78 is 5.13. The van der Waals surface area contributed by atoms with E-state index in [2.05, 4.69) is 16.1 Å². The van der Waals surface area contributed by atoms with Crippen molar-refractivity contribution < 1.29 is 33.5 Å². The van der Waals surface area contributed by atoms with E-state index in [0.717, 1.165) is 41.8 Å². The summed E-state index contributed by atoms with van der Waals surface area (Å²) in [6, 6.07) is 14.2. The van der Waals surface area contributed by atoms with E-state index in [-0.39, 0.29) is 6.61 Å². The monoisotopic (exact) mass is 606 g/mol. The summed E-state index contributed by atoms with van der Waals surface area (Å²) >= 11 is 0. The number of primary amides is 1. The van der Waals surface area contributed by atoms with Gasteiger partial charge in [-0.15, -0.1) is 0 Å². The quantitative estimate of drug-likeness (QED) is 0.220. The molecule has 0 aromatic heterocycles. The highest BCUT2D eigenvalue weighted by molar-refractivity contribution is 6.06. The molecule has 1 aliphatic rings. The Labute approximate surface area is 255 Å². The van der Waals surface area contributed by atoms with Crippen LogP contribution in [0.15, 0.2) is 66.7 Å². The third kappa shape index (κ3) is 9.68. The average molecular weight is 607 g/mol. The van der Waals surface area contributed by atoms with Crippen LogP contribution in [0.25, 0.3) is 0 Å². The SMILES string of the molecule is CC(C)[C@H](NC(=O)[C@@H](C)NC(=O)OCc1ccccc1)C(=O)NN(CC(N)=O)C(=O)/C=C/C(=O)N1CCCc2ccccc21. The molecule has 3 rings (SSSR count). The minimum Gasteiger partial charge on any atom is -0.445 e. The number of anilines is 1. The number of carbonyl (C=O) groups is 6. The highest BCUT2D eigenvalue weighted by atomic mass is 16.5. The maximum atomic E-state index is 13.2. The smallest absolute Gasteiger partial charge is 0.408 e. The number of benzene rings is 2. The summed E-state index contributed by atoms with van der Waals surface area (Å²) in [6.45, 7) is 4.54. The third-order valence-electron chi connectivity index (χ3n) is 6.76. The predicted molar refractivity (Wildman–Crippen MR) is 161 cm³/mol. The van der Waals surface area contributed by atoms with Crippen molar-refractivity contribution in [2.75, 3.05) is 18.0 Å². The first kappa shape index (κ1) is 33.3. The van der Waals surface area contributed by atoms with E-state index in [1.165, 1.54) is 6.92 Å². The molecule has 0 radical (unpaired) electrons. The molecule has 0 unspecified atom stereocenters. The zero-order chi connectivity index (χ0) is 32.2. The van der Waals surface area contributed by atoms with Crippen LogP contribution in [0, 0.1) is 5.92 Å². The van der Waals surface area contributed by atoms with Crippen LogP contribution >= 0.6 is 0 Å². The fraction of sp³-hybridized carbons (Fsp3) is 0.355. The average Bonchev–Trinajstić information content (AvgIpc) is 3.00. The molecular weight excluding hydrogens is 568 g/mol. The van der Waals surface area contributed by atoms with Crippen molar-refractivity contribution in [3.8, 4) is 0 Å². The van der Waals surface area contributed by atoms with Gasteiger partial charge in [-0.05, 0) is 42.9 Å². The summed E-state index contributed by atoms with van der Waals surface area (Å²) in [4.78, 5) is 77.2. The number of rotatable bonds is 11. The number of hydrazine groups is 1. The number of hydrogen-bond donors (Lipinski definition) is 4. The minimum absolute atomic E-state index is 0.00707. The summed E-state index contributed by atoms with van der Waals surface area (Å²) in [7, 11) is 0. The largest absolute Gasteiger partial charge is 0.445 e. The van der Waals surface area contributed by atoms with Crippen molar-refractivity contribution in [1.29, 1.82) is 0 Å². The number of nitrogens with zero attached hydrogens (tertiary/aromatic N) is 2. The van der Waals surface area contributed by atoms with Gasteiger partial charge in [0.05, 0.1) is 0 Å². The molecule has 2 aromatic carbocycles. The van der Waals surface area contributed by atoms with Crippen LogP contribution in [0.5, 0.6) is 0 Å². The highest BCUT2D eigenvalue weighted by Crippen LogP contribution is 2.26. The predicted octanol–water partition coefficient (Wildman–Crippen LogP) is 1.32. The Bertz CT molecular complexity index is 1390. The number of alkyl carbamates (subject to hydrolysis) is 1. The van der Waals surface area contributed by atoms with Crippen LogP contribution in [0.2, 0.25) is 0 Å². The lowest BCUT2D eigenvalue weighted by atomic mass is 10.0. The second-order valence-electron chi connectivity index (χ2n) is 10.6. The number of aryl methyl sites for hydroxylation is 1. The van der Waals surface area contributed by atoms with Gasteiger partial charge in [0.2, 0.25) is 11.8 Å². The Kier molecular flexibility index (Phi) is 12.0. The first-order valence-corrected chi connectivity index (χ1v) is 14.2. The second-order valence-corrected chi connectivity index (χ2v) is 10.6. The molecule has 2 aromatic rings. The number of nitrogens with two attached hydrogens (primary N) is 1. The Morgan fingerprint density at radius 2 is 1.61 bits per heavy atom. The molecule has 234 valence electrons. The topological polar surface area (TPSA) is 180 Å². The van der Waals surface area contributed by atoms with E-state index in [1.807, 2.05) is 30.3 Å². The number of amides is 6. The lowest BCUT2D eigenvalue weighted by Crippen LogP contribution is -2.59. The van der Waals surface area contributed by atoms with E-state index in [0.29, 0.717) is 11.6 Å². The van der Waals surface area contributed by atoms with Gasteiger partial charge in [0.25, 0.3) is 17.7 Å². The van der Waals surface area contributed by atoms with E-state index < -0.39 is 60.2 Å². The Balaban J connectivity index is 1.60. The summed E-state index contributed by atoms with van der Waals surface area (Å²) in [5, 5.41) is 5.61. The normalized spacial score (nSPS) is 13.8. The molecular formula is C31H38N6O7. The molecule has 13 nitrogen and oxygen atoms in total. The minimum atomic E-state index is -1.16. The zero-order valence-corrected chi connectivity index (χ0v) is 24.9. The zero-order valence-electron chi connectivity index (χ0n) is 24.9. The fourth-order valence-corrected chi connectivity index (χ4v) is 4.44. The first-order valence-electron chi connectivity index (χ1n) is 14.2. The van der Waals surface area contributed by atoms with Crippen molar-refractivity contribution >= 4 is 41.3 Å². The molecule has 0 bridgehead atoms. The van der Waals surface area contributed by atoms with Crippen LogP contribution in [0.3, 0.4) is 0 Å². The first-order chi connectivity index (χ1) is 21.0. The van der Waals surface area contributed by atoms with Crippen LogP contribution in [0.1, 0.15) is 38.3 Å². The molecule has 44 heavy (non-hydrogen) atoms. The van der Waals surface area contributed by atoms with E-state index >= 15 is 0 Å². The van der Waals surface area contributed by atoms with E-state index in [1.54, 1.807) is 43.0 Å². The lowest BCUT2D eigenvalue weighted by Gasteiger charge is -2.29. The molecule has 1 heterocycles. The number of ether oxygens (including phenoxy) is 1. The van der Waals surface area contributed by atoms with Crippen LogP contribution in [-0.4, -0.2) is 65.8 Å². The van der Waals surface area contributed by atoms with Crippen molar-refractivity contribution in [3.05, 3.63) is 77.9 Å². The van der Waals surface area contributed by atoms with Crippen molar-refractivity contribution in [2.45, 2.75) is 52.3 Å². The maximum Gasteiger partial charge on any atom is 0.408 e. The Morgan fingerprint density at radius 3 is 2.30 bits per heavy atom. The van der Waals surface area contributed by atoms with Gasteiger partial charge >= 0.3 is 6.09 Å². The molecule has 0 spiro atoms. The number of para-hydroxylation sites is 1. The van der Waals surface area contributed by atoms with Crippen molar-refractivity contribution in [2.24, 2.45) is 11.7 Å². The molecule has 6 amide bonds. The number of carbonyl (C=O) groups excluding carboxylic acids is 6. The summed E-state index contributed by atoms with van der Waals surface area (Å²) in [5.74, 6) is -4.19. The van der Waals surface area contributed by atoms with Crippen LogP contribution < -0.4 is 26.7 Å². The second kappa shape index (κ2) is 15.9. The molecule has 0 aliphatic carbocycles. The lowest BCUT2D eigenvalue weighted by molar-refractivity contribution is -0.142. The fourth-order valence-electron chi connectivity index (χ4n) is 4.44. The number of hydrogen-bond acceptors (Lipinski definition) is 7. The van der Waals surface area contributed by atoms with Crippen molar-refractivity contribution in [3.63, 3.8) is 0 Å². The maximum absolute atomic E-state index is 13.2. The van der Waals surface area contributed by atoms with Crippen molar-refractivity contribution in [1.82, 2.24) is 21.1 Å². The van der Waals surface area contributed by atoms with E-state index in [4.69, 9.17) is 10.5 Å². The van der Waals surface area contributed by atoms with Gasteiger partial charge in [-0.25, -0.2) is 9.80 Å². The molecule has 0 saturated heterocycles. The van der Waals surface area contributed by atoms with Gasteiger partial charge in [-0.2, -0.15) is 0 Å². The van der Waals surface area contributed by atoms with Crippen LogP contribution in [0.4, 0.5) is 10.5 Å². The molecule has 13 heteroatoms. The molecule has 1 aliphatic heterocycles. The molecule has 0 saturated carbocycles. The standard InChI is InChI=1S/C31H38N6O7/c1-20(2)28(34-29(41)21(3)33-31(43)44-19-22-10-5-4-6-11-22)30(42)35-37(18-25(32)38)27(40)16-15-26(39)36-17-9-13-23-12-7-8-14-24(23)36/h4-8,10-12,14-16,20-21,28H,9,13,17-19H2,1-3H3,(H2,32,38)(H,33,43)(H,34,41)(H,35,42)/b16-15+/t21-,28+/m1/s1. The molecule has 0 fully saturated rings. The van der Waals surface area contributed by atoms with Gasteiger partial charge < -0.3 is 26.0 Å². The van der Waals surface area contributed by atoms with Crippen LogP contribution in [-0.2, 0) is 41.7 Å². The molecule has 5 N–H and O–H groups in total. The number of fused-ring (bicyclic) bond motifs is 1. The highest BCUT2D eigenvalue weighted by Gasteiger charge is 2.30. The summed E-state index contributed by atoms with van der Waals surface area (Å²) in [6.07, 6.45) is 2.78. The van der Waals surface area contributed by atoms with Gasteiger partial charge in [0.15, 0.2) is 0 Å². The van der Waals surface area contributed by atoms with Gasteiger partial charge in [-0.1, -0.05) is 62.4 Å². The molecule has 2 atom stereocenters. The Morgan fingerprint density at radius 1 is 0.932 bits per heavy atom.